The number of rotatable bonds is 5. The van der Waals surface area contributed by atoms with Crippen molar-refractivity contribution >= 4 is 22.4 Å². The second-order valence-corrected chi connectivity index (χ2v) is 9.99. The fourth-order valence-corrected chi connectivity index (χ4v) is 4.64. The topological polar surface area (TPSA) is 102 Å². The highest BCUT2D eigenvalue weighted by atomic mass is 32.2. The third-order valence-corrected chi connectivity index (χ3v) is 7.49. The molecule has 3 rings (SSSR count). The third kappa shape index (κ3) is 3.53. The van der Waals surface area contributed by atoms with Gasteiger partial charge in [-0.1, -0.05) is 0 Å². The van der Waals surface area contributed by atoms with Crippen molar-refractivity contribution in [2.75, 3.05) is 26.2 Å². The molecule has 144 valence electrons. The van der Waals surface area contributed by atoms with E-state index in [1.807, 2.05) is 32.6 Å². The van der Waals surface area contributed by atoms with Gasteiger partial charge >= 0.3 is 7.12 Å². The Hall–Kier alpha value is -1.07. The van der Waals surface area contributed by atoms with Gasteiger partial charge in [-0.05, 0) is 40.7 Å². The summed E-state index contributed by atoms with van der Waals surface area (Å²) in [7, 11) is -4.23. The highest BCUT2D eigenvalue weighted by Gasteiger charge is 2.52. The van der Waals surface area contributed by atoms with Gasteiger partial charge in [0.25, 0.3) is 0 Å². The molecule has 0 bridgehead atoms. The zero-order valence-electron chi connectivity index (χ0n) is 15.7. The van der Waals surface area contributed by atoms with Crippen LogP contribution in [-0.4, -0.2) is 78.2 Å². The van der Waals surface area contributed by atoms with Crippen LogP contribution in [0.5, 0.6) is 0 Å². The molecule has 0 aromatic carbocycles. The third-order valence-electron chi connectivity index (χ3n) is 5.51. The lowest BCUT2D eigenvalue weighted by atomic mass is 9.81. The molecule has 0 amide bonds. The van der Waals surface area contributed by atoms with E-state index in [4.69, 9.17) is 14.4 Å². The van der Waals surface area contributed by atoms with E-state index in [0.717, 1.165) is 0 Å². The Bertz CT molecular complexity index is 738. The first-order valence-electron chi connectivity index (χ1n) is 8.81. The molecule has 1 N–H and O–H groups in total. The van der Waals surface area contributed by atoms with E-state index in [9.17, 15) is 8.42 Å². The molecule has 0 spiro atoms. The lowest BCUT2D eigenvalue weighted by molar-refractivity contribution is 0.00578. The van der Waals surface area contributed by atoms with Crippen LogP contribution in [0.25, 0.3) is 0 Å². The Labute approximate surface area is 155 Å². The Morgan fingerprint density at radius 2 is 1.81 bits per heavy atom. The van der Waals surface area contributed by atoms with Crippen molar-refractivity contribution < 1.29 is 22.8 Å². The molecule has 26 heavy (non-hydrogen) atoms. The van der Waals surface area contributed by atoms with E-state index in [0.29, 0.717) is 31.5 Å². The average molecular weight is 383 g/mol. The van der Waals surface area contributed by atoms with Crippen molar-refractivity contribution in [1.82, 2.24) is 14.9 Å². The maximum Gasteiger partial charge on any atom is 0.498 e. The average Bonchev–Trinajstić information content (AvgIpc) is 3.11. The van der Waals surface area contributed by atoms with E-state index in [2.05, 4.69) is 9.97 Å². The molecule has 3 heterocycles. The van der Waals surface area contributed by atoms with E-state index in [1.165, 1.54) is 12.4 Å². The number of nitrogens with zero attached hydrogens (tertiary/aromatic N) is 3. The highest BCUT2D eigenvalue weighted by Crippen LogP contribution is 2.36. The van der Waals surface area contributed by atoms with Gasteiger partial charge in [-0.3, -0.25) is 4.90 Å². The monoisotopic (exact) mass is 383 g/mol. The molecule has 1 aromatic heterocycles. The molecule has 2 aliphatic rings. The minimum absolute atomic E-state index is 0.0199. The summed E-state index contributed by atoms with van der Waals surface area (Å²) < 4.78 is 37.4. The van der Waals surface area contributed by atoms with Crippen molar-refractivity contribution in [2.45, 2.75) is 55.7 Å². The number of β-amino-alcohol motifs (C(OH)–C–C–N with tert-alkyl or cyclic N) is 1. The van der Waals surface area contributed by atoms with Crippen molar-refractivity contribution in [2.24, 2.45) is 0 Å². The summed E-state index contributed by atoms with van der Waals surface area (Å²) in [5, 5.41) is 8.28. The summed E-state index contributed by atoms with van der Waals surface area (Å²) in [5.41, 5.74) is -0.374. The van der Waals surface area contributed by atoms with Crippen molar-refractivity contribution in [3.63, 3.8) is 0 Å². The Morgan fingerprint density at radius 3 is 2.35 bits per heavy atom. The van der Waals surface area contributed by atoms with Gasteiger partial charge in [0.15, 0.2) is 0 Å². The van der Waals surface area contributed by atoms with Crippen LogP contribution < -0.4 is 5.46 Å². The minimum atomic E-state index is -3.60. The molecule has 0 unspecified atom stereocenters. The molecular weight excluding hydrogens is 357 g/mol. The first kappa shape index (κ1) is 19.7. The number of likely N-dealkylation sites (tertiary alicyclic amines) is 1. The summed E-state index contributed by atoms with van der Waals surface area (Å²) >= 11 is 0. The number of sulfone groups is 1. The maximum atomic E-state index is 12.7. The number of aromatic nitrogens is 2. The van der Waals surface area contributed by atoms with Crippen LogP contribution in [0.15, 0.2) is 17.6 Å². The molecule has 1 aromatic rings. The lowest BCUT2D eigenvalue weighted by Crippen LogP contribution is -2.41. The molecule has 2 fully saturated rings. The second-order valence-electron chi connectivity index (χ2n) is 7.87. The first-order chi connectivity index (χ1) is 12.1. The largest absolute Gasteiger partial charge is 0.498 e. The fourth-order valence-electron chi connectivity index (χ4n) is 3.12. The Kier molecular flexibility index (Phi) is 5.17. The van der Waals surface area contributed by atoms with Gasteiger partial charge in [-0.25, -0.2) is 18.4 Å². The smallest absolute Gasteiger partial charge is 0.399 e. The van der Waals surface area contributed by atoms with Crippen molar-refractivity contribution in [3.8, 4) is 0 Å². The summed E-state index contributed by atoms with van der Waals surface area (Å²) in [6.07, 6.45) is 3.44. The SMILES string of the molecule is CC1(C)OB(c2cnc(S(=O)(=O)[C@H]3CCN(CCO)C3)nc2)OC1(C)C. The molecule has 8 nitrogen and oxygen atoms in total. The number of hydrogen-bond donors (Lipinski definition) is 1. The van der Waals surface area contributed by atoms with Crippen LogP contribution in [0, 0.1) is 0 Å². The van der Waals surface area contributed by atoms with Gasteiger partial charge in [-0.2, -0.15) is 0 Å². The van der Waals surface area contributed by atoms with Gasteiger partial charge in [-0.15, -0.1) is 0 Å². The second kappa shape index (κ2) is 6.83. The predicted molar refractivity (Wildman–Crippen MR) is 96.9 cm³/mol. The van der Waals surface area contributed by atoms with E-state index < -0.39 is 33.4 Å². The molecule has 0 saturated carbocycles. The summed E-state index contributed by atoms with van der Waals surface area (Å²) in [4.78, 5) is 10.1. The summed E-state index contributed by atoms with van der Waals surface area (Å²) in [5.74, 6) is 0. The van der Waals surface area contributed by atoms with Gasteiger partial charge in [0.05, 0.1) is 23.1 Å². The molecule has 2 aliphatic heterocycles. The number of aliphatic hydroxyl groups excluding tert-OH is 1. The molecule has 10 heteroatoms. The van der Waals surface area contributed by atoms with Crippen LogP contribution in [0.3, 0.4) is 0 Å². The number of hydrogen-bond acceptors (Lipinski definition) is 8. The van der Waals surface area contributed by atoms with E-state index in [-0.39, 0.29) is 11.8 Å². The normalized spacial score (nSPS) is 25.7. The van der Waals surface area contributed by atoms with Crippen LogP contribution in [0.4, 0.5) is 0 Å². The summed E-state index contributed by atoms with van der Waals surface area (Å²) in [6, 6.07) is 0. The molecule has 0 radical (unpaired) electrons. The zero-order valence-corrected chi connectivity index (χ0v) is 16.5. The fraction of sp³-hybridized carbons (Fsp3) is 0.750. The van der Waals surface area contributed by atoms with E-state index in [1.54, 1.807) is 0 Å². The summed E-state index contributed by atoms with van der Waals surface area (Å²) in [6.45, 7) is 9.34. The first-order valence-corrected chi connectivity index (χ1v) is 10.4. The minimum Gasteiger partial charge on any atom is -0.399 e. The molecular formula is C16H26BN3O5S. The van der Waals surface area contributed by atoms with Crippen LogP contribution in [0.1, 0.15) is 34.1 Å². The Balaban J connectivity index is 1.74. The van der Waals surface area contributed by atoms with E-state index >= 15 is 0 Å². The molecule has 2 saturated heterocycles. The molecule has 1 atom stereocenters. The standard InChI is InChI=1S/C16H26BN3O5S/c1-15(2)16(3,4)25-17(24-15)12-9-18-14(19-10-12)26(22,23)13-5-6-20(11-13)7-8-21/h9-10,13,21H,5-8,11H2,1-4H3/t13-/m0/s1. The van der Waals surface area contributed by atoms with Crippen LogP contribution in [-0.2, 0) is 19.1 Å². The van der Waals surface area contributed by atoms with Gasteiger partial charge < -0.3 is 14.4 Å². The maximum absolute atomic E-state index is 12.7. The van der Waals surface area contributed by atoms with Crippen LogP contribution in [0.2, 0.25) is 0 Å². The predicted octanol–water partition coefficient (Wildman–Crippen LogP) is -0.384. The lowest BCUT2D eigenvalue weighted by Gasteiger charge is -2.32. The van der Waals surface area contributed by atoms with Crippen molar-refractivity contribution in [3.05, 3.63) is 12.4 Å². The van der Waals surface area contributed by atoms with Gasteiger partial charge in [0.1, 0.15) is 0 Å². The number of aliphatic hydroxyl groups is 1. The van der Waals surface area contributed by atoms with Gasteiger partial charge in [0.2, 0.25) is 15.0 Å². The van der Waals surface area contributed by atoms with Gasteiger partial charge in [0, 0.05) is 30.9 Å². The quantitative estimate of drug-likeness (QED) is 0.542. The highest BCUT2D eigenvalue weighted by molar-refractivity contribution is 7.91. The van der Waals surface area contributed by atoms with Crippen molar-refractivity contribution in [1.29, 1.82) is 0 Å². The van der Waals surface area contributed by atoms with Crippen LogP contribution >= 0.6 is 0 Å². The Morgan fingerprint density at radius 1 is 1.23 bits per heavy atom. The molecule has 0 aliphatic carbocycles. The zero-order chi connectivity index (χ0) is 19.2.